The van der Waals surface area contributed by atoms with Crippen molar-refractivity contribution in [1.29, 1.82) is 0 Å². The van der Waals surface area contributed by atoms with Gasteiger partial charge in [-0.15, -0.1) is 0 Å². The zero-order valence-electron chi connectivity index (χ0n) is 21.3. The third kappa shape index (κ3) is 7.17. The summed E-state index contributed by atoms with van der Waals surface area (Å²) in [6, 6.07) is 19.0. The Morgan fingerprint density at radius 3 is 2.64 bits per heavy atom. The summed E-state index contributed by atoms with van der Waals surface area (Å²) in [7, 11) is 1.48. The molecule has 0 N–H and O–H groups in total. The van der Waals surface area contributed by atoms with E-state index in [4.69, 9.17) is 25.8 Å². The summed E-state index contributed by atoms with van der Waals surface area (Å²) in [6.07, 6.45) is 1.73. The van der Waals surface area contributed by atoms with Crippen LogP contribution < -0.4 is 9.47 Å². The van der Waals surface area contributed by atoms with Crippen LogP contribution in [-0.2, 0) is 16.1 Å². The van der Waals surface area contributed by atoms with Crippen LogP contribution in [-0.4, -0.2) is 47.8 Å². The summed E-state index contributed by atoms with van der Waals surface area (Å²) < 4.78 is 16.8. The summed E-state index contributed by atoms with van der Waals surface area (Å²) in [4.78, 5) is 30.7. The fraction of sp³-hybridized carbons (Fsp3) is 0.214. The number of ether oxygens (including phenoxy) is 3. The first-order chi connectivity index (χ1) is 18.9. The summed E-state index contributed by atoms with van der Waals surface area (Å²) in [5, 5.41) is 11.9. The maximum Gasteiger partial charge on any atom is 0.269 e. The van der Waals surface area contributed by atoms with E-state index in [2.05, 4.69) is 4.99 Å². The summed E-state index contributed by atoms with van der Waals surface area (Å²) in [5.74, 6) is 0.472. The first-order valence-electron chi connectivity index (χ1n) is 12.1. The van der Waals surface area contributed by atoms with Crippen LogP contribution in [0.5, 0.6) is 11.5 Å². The molecule has 0 saturated carbocycles. The van der Waals surface area contributed by atoms with E-state index < -0.39 is 4.92 Å². The molecule has 9 nitrogen and oxygen atoms in total. The molecule has 0 atom stereocenters. The topological polar surface area (TPSA) is 104 Å². The van der Waals surface area contributed by atoms with Gasteiger partial charge >= 0.3 is 0 Å². The summed E-state index contributed by atoms with van der Waals surface area (Å²) in [6.45, 7) is 3.27. The van der Waals surface area contributed by atoms with Gasteiger partial charge in [-0.3, -0.25) is 19.8 Å². The number of carbonyl (C=O) groups is 1. The average molecular weight is 568 g/mol. The highest BCUT2D eigenvalue weighted by atomic mass is 35.5. The number of para-hydroxylation sites is 1. The number of nitro groups is 1. The Hall–Kier alpha value is -3.86. The number of carbonyl (C=O) groups excluding carboxylic acids is 1. The lowest BCUT2D eigenvalue weighted by molar-refractivity contribution is -0.384. The lowest BCUT2D eigenvalue weighted by Gasteiger charge is -2.15. The van der Waals surface area contributed by atoms with Gasteiger partial charge in [0.25, 0.3) is 11.6 Å². The molecule has 1 aliphatic heterocycles. The Morgan fingerprint density at radius 1 is 1.13 bits per heavy atom. The van der Waals surface area contributed by atoms with Crippen molar-refractivity contribution in [3.05, 3.63) is 97.9 Å². The molecular formula is C28H26ClN3O6S. The monoisotopic (exact) mass is 567 g/mol. The number of benzene rings is 3. The van der Waals surface area contributed by atoms with Gasteiger partial charge in [0.2, 0.25) is 0 Å². The van der Waals surface area contributed by atoms with Crippen LogP contribution in [0.4, 0.5) is 11.4 Å². The first kappa shape index (κ1) is 28.2. The highest BCUT2D eigenvalue weighted by Crippen LogP contribution is 2.40. The Kier molecular flexibility index (Phi) is 9.59. The maximum absolute atomic E-state index is 13.3. The van der Waals surface area contributed by atoms with Crippen molar-refractivity contribution < 1.29 is 23.9 Å². The lowest BCUT2D eigenvalue weighted by Crippen LogP contribution is -2.32. The minimum atomic E-state index is -0.463. The van der Waals surface area contributed by atoms with E-state index in [0.717, 1.165) is 5.69 Å². The SMILES string of the molecule is CCOCCN1C(=O)/C(=C/c2cc(Cl)c(OCc3cccc([N+](=O)[O-])c3)c(OC)c2)SC1=Nc1ccccc1. The number of thioether (sulfide) groups is 1. The molecule has 3 aromatic rings. The van der Waals surface area contributed by atoms with Crippen molar-refractivity contribution in [1.82, 2.24) is 4.90 Å². The Morgan fingerprint density at radius 2 is 1.92 bits per heavy atom. The minimum Gasteiger partial charge on any atom is -0.493 e. The lowest BCUT2D eigenvalue weighted by atomic mass is 10.1. The molecule has 202 valence electrons. The van der Waals surface area contributed by atoms with Gasteiger partial charge in [-0.1, -0.05) is 41.9 Å². The van der Waals surface area contributed by atoms with E-state index in [1.54, 1.807) is 35.2 Å². The van der Waals surface area contributed by atoms with Gasteiger partial charge in [-0.2, -0.15) is 0 Å². The van der Waals surface area contributed by atoms with Gasteiger partial charge in [-0.25, -0.2) is 4.99 Å². The van der Waals surface area contributed by atoms with Crippen molar-refractivity contribution in [3.8, 4) is 11.5 Å². The first-order valence-corrected chi connectivity index (χ1v) is 13.3. The highest BCUT2D eigenvalue weighted by molar-refractivity contribution is 8.18. The van der Waals surface area contributed by atoms with Crippen molar-refractivity contribution >= 4 is 51.9 Å². The number of amides is 1. The van der Waals surface area contributed by atoms with Gasteiger partial charge in [0.15, 0.2) is 16.7 Å². The molecule has 1 aliphatic rings. The predicted octanol–water partition coefficient (Wildman–Crippen LogP) is 6.48. The molecule has 39 heavy (non-hydrogen) atoms. The molecule has 11 heteroatoms. The largest absolute Gasteiger partial charge is 0.493 e. The molecule has 3 aromatic carbocycles. The number of halogens is 1. The zero-order valence-corrected chi connectivity index (χ0v) is 22.9. The second-order valence-electron chi connectivity index (χ2n) is 8.24. The number of amidine groups is 1. The molecule has 0 spiro atoms. The smallest absolute Gasteiger partial charge is 0.269 e. The van der Waals surface area contributed by atoms with Gasteiger partial charge in [-0.05, 0) is 60.2 Å². The normalized spacial score (nSPS) is 15.3. The average Bonchev–Trinajstić information content (AvgIpc) is 3.21. The number of hydrogen-bond acceptors (Lipinski definition) is 8. The van der Waals surface area contributed by atoms with Crippen molar-refractivity contribution in [2.75, 3.05) is 26.9 Å². The summed E-state index contributed by atoms with van der Waals surface area (Å²) >= 11 is 7.82. The Labute approximate surface area is 235 Å². The van der Waals surface area contributed by atoms with Crippen molar-refractivity contribution in [2.24, 2.45) is 4.99 Å². The van der Waals surface area contributed by atoms with Gasteiger partial charge in [0.1, 0.15) is 6.61 Å². The fourth-order valence-corrected chi connectivity index (χ4v) is 5.03. The molecule has 1 fully saturated rings. The Balaban J connectivity index is 1.58. The molecular weight excluding hydrogens is 542 g/mol. The number of methoxy groups -OCH3 is 1. The van der Waals surface area contributed by atoms with Crippen LogP contribution in [0.2, 0.25) is 5.02 Å². The molecule has 0 aromatic heterocycles. The van der Waals surface area contributed by atoms with Gasteiger partial charge < -0.3 is 14.2 Å². The number of nitro benzene ring substituents is 1. The molecule has 0 radical (unpaired) electrons. The van der Waals surface area contributed by atoms with E-state index >= 15 is 0 Å². The molecule has 0 bridgehead atoms. The number of nitrogens with zero attached hydrogens (tertiary/aromatic N) is 3. The highest BCUT2D eigenvalue weighted by Gasteiger charge is 2.33. The van der Waals surface area contributed by atoms with Crippen LogP contribution in [0.15, 0.2) is 76.6 Å². The third-order valence-electron chi connectivity index (χ3n) is 5.59. The molecule has 1 saturated heterocycles. The second-order valence-corrected chi connectivity index (χ2v) is 9.66. The fourth-order valence-electron chi connectivity index (χ4n) is 3.73. The molecule has 1 heterocycles. The molecule has 0 unspecified atom stereocenters. The van der Waals surface area contributed by atoms with Crippen molar-refractivity contribution in [2.45, 2.75) is 13.5 Å². The van der Waals surface area contributed by atoms with E-state index in [9.17, 15) is 14.9 Å². The standard InChI is InChI=1S/C28H26ClN3O6S/c1-3-37-13-12-31-27(33)25(39-28(31)30-21-9-5-4-6-10-21)17-20-15-23(29)26(24(16-20)36-2)38-18-19-8-7-11-22(14-19)32(34)35/h4-11,14-17H,3,12-13,18H2,1-2H3/b25-17-,30-28?. The molecule has 4 rings (SSSR count). The number of aliphatic imine (C=N–C) groups is 1. The van der Waals surface area contributed by atoms with E-state index in [0.29, 0.717) is 52.5 Å². The van der Waals surface area contributed by atoms with Gasteiger partial charge in [0, 0.05) is 18.7 Å². The summed E-state index contributed by atoms with van der Waals surface area (Å²) in [5.41, 5.74) is 1.96. The number of non-ortho nitro benzene ring substituents is 1. The third-order valence-corrected chi connectivity index (χ3v) is 6.87. The zero-order chi connectivity index (χ0) is 27.8. The van der Waals surface area contributed by atoms with Crippen LogP contribution in [0.1, 0.15) is 18.1 Å². The van der Waals surface area contributed by atoms with Crippen LogP contribution in [0.3, 0.4) is 0 Å². The maximum atomic E-state index is 13.3. The van der Waals surface area contributed by atoms with Crippen molar-refractivity contribution in [3.63, 3.8) is 0 Å². The minimum absolute atomic E-state index is 0.0275. The van der Waals surface area contributed by atoms with Crippen LogP contribution >= 0.6 is 23.4 Å². The quantitative estimate of drug-likeness (QED) is 0.113. The molecule has 1 amide bonds. The van der Waals surface area contributed by atoms with E-state index in [1.807, 2.05) is 37.3 Å². The van der Waals surface area contributed by atoms with E-state index in [-0.39, 0.29) is 23.2 Å². The van der Waals surface area contributed by atoms with Crippen LogP contribution in [0, 0.1) is 10.1 Å². The Bertz CT molecular complexity index is 1410. The number of hydrogen-bond donors (Lipinski definition) is 0. The van der Waals surface area contributed by atoms with Crippen LogP contribution in [0.25, 0.3) is 6.08 Å². The predicted molar refractivity (Wildman–Crippen MR) is 153 cm³/mol. The van der Waals surface area contributed by atoms with Gasteiger partial charge in [0.05, 0.1) is 40.8 Å². The molecule has 0 aliphatic carbocycles. The van der Waals surface area contributed by atoms with E-state index in [1.165, 1.54) is 31.0 Å². The second kappa shape index (κ2) is 13.3. The number of rotatable bonds is 11.